The molecule has 1 aliphatic rings. The minimum Gasteiger partial charge on any atom is -0.485 e. The lowest BCUT2D eigenvalue weighted by atomic mass is 10.2. The highest BCUT2D eigenvalue weighted by atomic mass is 19.1. The number of carbonyl (C=O) groups excluding carboxylic acids is 2. The topological polar surface area (TPSA) is 73.9 Å². The normalized spacial score (nSPS) is 16.5. The van der Waals surface area contributed by atoms with Crippen molar-refractivity contribution in [1.29, 1.82) is 0 Å². The first-order chi connectivity index (χ1) is 12.5. The van der Waals surface area contributed by atoms with Gasteiger partial charge in [-0.1, -0.05) is 24.3 Å². The van der Waals surface area contributed by atoms with Crippen LogP contribution in [0.2, 0.25) is 0 Å². The van der Waals surface area contributed by atoms with E-state index in [0.717, 1.165) is 5.56 Å². The molecule has 3 rings (SSSR count). The quantitative estimate of drug-likeness (QED) is 0.829. The first-order valence-corrected chi connectivity index (χ1v) is 8.14. The van der Waals surface area contributed by atoms with E-state index in [-0.39, 0.29) is 19.0 Å². The van der Waals surface area contributed by atoms with E-state index in [2.05, 4.69) is 5.32 Å². The maximum Gasteiger partial charge on any atom is 0.351 e. The minimum absolute atomic E-state index is 0.0137. The Morgan fingerprint density at radius 1 is 1.19 bits per heavy atom. The average Bonchev–Trinajstić information content (AvgIpc) is 2.66. The van der Waals surface area contributed by atoms with Crippen LogP contribution in [0.5, 0.6) is 11.5 Å². The van der Waals surface area contributed by atoms with Crippen LogP contribution < -0.4 is 14.8 Å². The molecule has 1 aliphatic heterocycles. The van der Waals surface area contributed by atoms with Gasteiger partial charge in [-0.25, -0.2) is 9.18 Å². The number of para-hydroxylation sites is 2. The van der Waals surface area contributed by atoms with Crippen molar-refractivity contribution >= 4 is 11.9 Å². The van der Waals surface area contributed by atoms with Crippen LogP contribution in [0.3, 0.4) is 0 Å². The number of hydrogen-bond acceptors (Lipinski definition) is 5. The van der Waals surface area contributed by atoms with E-state index in [1.807, 2.05) is 0 Å². The van der Waals surface area contributed by atoms with Crippen molar-refractivity contribution in [3.63, 3.8) is 0 Å². The predicted octanol–water partition coefficient (Wildman–Crippen LogP) is 2.21. The SMILES string of the molecule is C[C@H](OC(=O)[C@@H]1COc2ccccc2O1)C(=O)NCc1ccc(F)cc1. The smallest absolute Gasteiger partial charge is 0.351 e. The standard InChI is InChI=1S/C19H18FNO5/c1-12(18(22)21-10-13-6-8-14(20)9-7-13)25-19(23)17-11-24-15-4-2-3-5-16(15)26-17/h2-9,12,17H,10-11H2,1H3,(H,21,22)/t12-,17-/m0/s1. The number of benzene rings is 2. The van der Waals surface area contributed by atoms with Crippen molar-refractivity contribution in [3.8, 4) is 11.5 Å². The molecule has 2 aromatic rings. The largest absolute Gasteiger partial charge is 0.485 e. The molecule has 1 amide bonds. The zero-order valence-electron chi connectivity index (χ0n) is 14.1. The molecule has 0 aliphatic carbocycles. The van der Waals surface area contributed by atoms with Crippen LogP contribution in [0.15, 0.2) is 48.5 Å². The molecule has 0 unspecified atom stereocenters. The Balaban J connectivity index is 1.49. The van der Waals surface area contributed by atoms with Crippen molar-refractivity contribution in [1.82, 2.24) is 5.32 Å². The third kappa shape index (κ3) is 4.30. The summed E-state index contributed by atoms with van der Waals surface area (Å²) in [5, 5.41) is 2.63. The summed E-state index contributed by atoms with van der Waals surface area (Å²) < 4.78 is 29.0. The van der Waals surface area contributed by atoms with Gasteiger partial charge in [0.1, 0.15) is 12.4 Å². The maximum absolute atomic E-state index is 12.9. The summed E-state index contributed by atoms with van der Waals surface area (Å²) in [4.78, 5) is 24.3. The monoisotopic (exact) mass is 359 g/mol. The first-order valence-electron chi connectivity index (χ1n) is 8.14. The lowest BCUT2D eigenvalue weighted by molar-refractivity contribution is -0.163. The third-order valence-corrected chi connectivity index (χ3v) is 3.81. The minimum atomic E-state index is -0.997. The highest BCUT2D eigenvalue weighted by Crippen LogP contribution is 2.31. The Hall–Kier alpha value is -3.09. The molecule has 1 N–H and O–H groups in total. The molecule has 136 valence electrons. The van der Waals surface area contributed by atoms with E-state index in [9.17, 15) is 14.0 Å². The highest BCUT2D eigenvalue weighted by Gasteiger charge is 2.31. The van der Waals surface area contributed by atoms with Gasteiger partial charge in [-0.05, 0) is 36.8 Å². The van der Waals surface area contributed by atoms with Crippen molar-refractivity contribution in [3.05, 3.63) is 59.9 Å². The summed E-state index contributed by atoms with van der Waals surface area (Å²) in [5.41, 5.74) is 0.735. The molecule has 2 aromatic carbocycles. The highest BCUT2D eigenvalue weighted by molar-refractivity contribution is 5.84. The number of rotatable bonds is 5. The van der Waals surface area contributed by atoms with E-state index >= 15 is 0 Å². The number of hydrogen-bond donors (Lipinski definition) is 1. The molecular weight excluding hydrogens is 341 g/mol. The maximum atomic E-state index is 12.9. The lowest BCUT2D eigenvalue weighted by Gasteiger charge is -2.25. The van der Waals surface area contributed by atoms with Gasteiger partial charge < -0.3 is 19.5 Å². The van der Waals surface area contributed by atoms with Crippen LogP contribution in [0.4, 0.5) is 4.39 Å². The molecule has 0 saturated carbocycles. The summed E-state index contributed by atoms with van der Waals surface area (Å²) in [5.74, 6) is -0.474. The zero-order chi connectivity index (χ0) is 18.5. The van der Waals surface area contributed by atoms with E-state index in [4.69, 9.17) is 14.2 Å². The molecule has 0 radical (unpaired) electrons. The molecule has 2 atom stereocenters. The van der Waals surface area contributed by atoms with Crippen LogP contribution in [-0.2, 0) is 20.9 Å². The van der Waals surface area contributed by atoms with Crippen LogP contribution in [-0.4, -0.2) is 30.7 Å². The van der Waals surface area contributed by atoms with Crippen LogP contribution in [0.1, 0.15) is 12.5 Å². The fourth-order valence-electron chi connectivity index (χ4n) is 2.37. The second-order valence-electron chi connectivity index (χ2n) is 5.79. The summed E-state index contributed by atoms with van der Waals surface area (Å²) in [6.07, 6.45) is -1.93. The summed E-state index contributed by atoms with van der Waals surface area (Å²) in [7, 11) is 0. The molecule has 26 heavy (non-hydrogen) atoms. The van der Waals surface area contributed by atoms with Gasteiger partial charge in [0.25, 0.3) is 5.91 Å². The van der Waals surface area contributed by atoms with Crippen molar-refractivity contribution in [2.45, 2.75) is 25.7 Å². The van der Waals surface area contributed by atoms with Gasteiger partial charge in [0.2, 0.25) is 6.10 Å². The Bertz CT molecular complexity index is 793. The molecular formula is C19H18FNO5. The summed E-state index contributed by atoms with van der Waals surface area (Å²) in [6.45, 7) is 1.69. The Morgan fingerprint density at radius 3 is 2.62 bits per heavy atom. The van der Waals surface area contributed by atoms with Gasteiger partial charge in [-0.2, -0.15) is 0 Å². The predicted molar refractivity (Wildman–Crippen MR) is 90.2 cm³/mol. The second kappa shape index (κ2) is 7.86. The number of carbonyl (C=O) groups is 2. The number of fused-ring (bicyclic) bond motifs is 1. The summed E-state index contributed by atoms with van der Waals surface area (Å²) >= 11 is 0. The lowest BCUT2D eigenvalue weighted by Crippen LogP contribution is -2.42. The number of halogens is 1. The summed E-state index contributed by atoms with van der Waals surface area (Å²) in [6, 6.07) is 12.7. The van der Waals surface area contributed by atoms with Crippen LogP contribution in [0, 0.1) is 5.82 Å². The van der Waals surface area contributed by atoms with Crippen molar-refractivity contribution in [2.75, 3.05) is 6.61 Å². The van der Waals surface area contributed by atoms with Gasteiger partial charge >= 0.3 is 5.97 Å². The fraction of sp³-hybridized carbons (Fsp3) is 0.263. The average molecular weight is 359 g/mol. The second-order valence-corrected chi connectivity index (χ2v) is 5.79. The van der Waals surface area contributed by atoms with Gasteiger partial charge in [-0.15, -0.1) is 0 Å². The number of esters is 1. The van der Waals surface area contributed by atoms with Crippen LogP contribution in [0.25, 0.3) is 0 Å². The van der Waals surface area contributed by atoms with Crippen molar-refractivity contribution < 1.29 is 28.2 Å². The van der Waals surface area contributed by atoms with Gasteiger partial charge in [0, 0.05) is 6.54 Å². The number of ether oxygens (including phenoxy) is 3. The Labute approximate surface area is 149 Å². The van der Waals surface area contributed by atoms with Gasteiger partial charge in [0.15, 0.2) is 17.6 Å². The van der Waals surface area contributed by atoms with E-state index in [1.54, 1.807) is 36.4 Å². The van der Waals surface area contributed by atoms with Gasteiger partial charge in [0.05, 0.1) is 0 Å². The number of nitrogens with one attached hydrogen (secondary N) is 1. The van der Waals surface area contributed by atoms with Crippen LogP contribution >= 0.6 is 0 Å². The zero-order valence-corrected chi connectivity index (χ0v) is 14.1. The van der Waals surface area contributed by atoms with E-state index in [1.165, 1.54) is 19.1 Å². The van der Waals surface area contributed by atoms with E-state index in [0.29, 0.717) is 11.5 Å². The molecule has 0 bridgehead atoms. The molecule has 0 saturated heterocycles. The Kier molecular flexibility index (Phi) is 5.36. The molecule has 7 heteroatoms. The van der Waals surface area contributed by atoms with Gasteiger partial charge in [-0.3, -0.25) is 4.79 Å². The molecule has 0 fully saturated rings. The fourth-order valence-corrected chi connectivity index (χ4v) is 2.37. The van der Waals surface area contributed by atoms with Crippen molar-refractivity contribution in [2.24, 2.45) is 0 Å². The third-order valence-electron chi connectivity index (χ3n) is 3.81. The first kappa shape index (κ1) is 17.7. The molecule has 6 nitrogen and oxygen atoms in total. The van der Waals surface area contributed by atoms with E-state index < -0.39 is 24.1 Å². The molecule has 0 aromatic heterocycles. The molecule has 0 spiro atoms. The molecule has 1 heterocycles. The Morgan fingerprint density at radius 2 is 1.88 bits per heavy atom. The number of amides is 1.